The van der Waals surface area contributed by atoms with E-state index in [0.717, 1.165) is 38.0 Å². The second kappa shape index (κ2) is 21.5. The number of nitrogens with zero attached hydrogens (tertiary/aromatic N) is 1. The first-order valence-electron chi connectivity index (χ1n) is 18.4. The molecule has 272 valence electrons. The summed E-state index contributed by atoms with van der Waals surface area (Å²) in [6.07, 6.45) is 24.8. The van der Waals surface area contributed by atoms with E-state index in [4.69, 9.17) is 18.9 Å². The Morgan fingerprint density at radius 2 is 1.24 bits per heavy atom. The standard InChI is InChI=1S/C42H57NO6S/c1-46-37-26-28-38(29-27-37)50(44,45)43-33-36(41-39(43)30-31-40(47-2)42(41)48-3)25-21-16-14-12-10-8-6-4-5-7-9-11-13-15-17-22-32-49-34-35-23-19-18-20-24-35/h18-21,23-31,33H,4-17,22,32,34H2,1-3H3/b25-21-. The number of ether oxygens (including phenoxy) is 4. The van der Waals surface area contributed by atoms with Crippen LogP contribution in [0.5, 0.6) is 17.2 Å². The summed E-state index contributed by atoms with van der Waals surface area (Å²) in [7, 11) is 0.858. The van der Waals surface area contributed by atoms with Gasteiger partial charge in [-0.1, -0.05) is 120 Å². The monoisotopic (exact) mass is 703 g/mol. The molecule has 0 amide bonds. The predicted molar refractivity (Wildman–Crippen MR) is 205 cm³/mol. The van der Waals surface area contributed by atoms with Gasteiger partial charge in [-0.05, 0) is 61.2 Å². The SMILES string of the molecule is COc1ccc(S(=O)(=O)n2cc(/C=C\CCCCCCCCCCCCCCCCOCc3ccccc3)c3c(OC)c(OC)ccc32)cc1. The highest BCUT2D eigenvalue weighted by Crippen LogP contribution is 2.40. The number of fused-ring (bicyclic) bond motifs is 1. The number of hydrogen-bond acceptors (Lipinski definition) is 6. The Labute approximate surface area is 300 Å². The van der Waals surface area contributed by atoms with E-state index in [0.29, 0.717) is 28.2 Å². The average Bonchev–Trinajstić information content (AvgIpc) is 3.53. The molecule has 3 aromatic carbocycles. The Hall–Kier alpha value is -3.75. The molecule has 0 spiro atoms. The van der Waals surface area contributed by atoms with Crippen LogP contribution >= 0.6 is 0 Å². The van der Waals surface area contributed by atoms with Gasteiger partial charge >= 0.3 is 0 Å². The molecule has 1 heterocycles. The summed E-state index contributed by atoms with van der Waals surface area (Å²) in [5.41, 5.74) is 2.56. The Balaban J connectivity index is 1.11. The van der Waals surface area contributed by atoms with Crippen molar-refractivity contribution in [1.82, 2.24) is 3.97 Å². The van der Waals surface area contributed by atoms with Crippen LogP contribution in [0.25, 0.3) is 17.0 Å². The molecule has 4 rings (SSSR count). The van der Waals surface area contributed by atoms with Crippen molar-refractivity contribution < 1.29 is 27.4 Å². The first kappa shape index (κ1) is 39.0. The van der Waals surface area contributed by atoms with Crippen LogP contribution in [0.3, 0.4) is 0 Å². The van der Waals surface area contributed by atoms with Gasteiger partial charge in [-0.2, -0.15) is 0 Å². The first-order valence-corrected chi connectivity index (χ1v) is 19.9. The number of hydrogen-bond donors (Lipinski definition) is 0. The van der Waals surface area contributed by atoms with E-state index in [-0.39, 0.29) is 4.90 Å². The largest absolute Gasteiger partial charge is 0.497 e. The highest BCUT2D eigenvalue weighted by molar-refractivity contribution is 7.90. The van der Waals surface area contributed by atoms with Gasteiger partial charge in [0.05, 0.1) is 43.7 Å². The molecule has 0 atom stereocenters. The molecule has 8 heteroatoms. The van der Waals surface area contributed by atoms with E-state index in [1.165, 1.54) is 86.6 Å². The minimum atomic E-state index is -3.86. The van der Waals surface area contributed by atoms with Gasteiger partial charge in [0, 0.05) is 18.4 Å². The number of methoxy groups -OCH3 is 3. The van der Waals surface area contributed by atoms with Crippen LogP contribution in [0.4, 0.5) is 0 Å². The van der Waals surface area contributed by atoms with E-state index in [1.54, 1.807) is 63.9 Å². The number of unbranched alkanes of at least 4 members (excludes halogenated alkanes) is 14. The van der Waals surface area contributed by atoms with Gasteiger partial charge in [0.25, 0.3) is 10.0 Å². The van der Waals surface area contributed by atoms with E-state index in [1.807, 2.05) is 12.1 Å². The van der Waals surface area contributed by atoms with Crippen LogP contribution in [-0.2, 0) is 21.4 Å². The van der Waals surface area contributed by atoms with Gasteiger partial charge in [0.2, 0.25) is 0 Å². The third kappa shape index (κ3) is 11.7. The van der Waals surface area contributed by atoms with E-state index in [9.17, 15) is 8.42 Å². The van der Waals surface area contributed by atoms with Crippen molar-refractivity contribution >= 4 is 27.0 Å². The topological polar surface area (TPSA) is 76.0 Å². The molecule has 0 unspecified atom stereocenters. The quantitative estimate of drug-likeness (QED) is 0.0640. The summed E-state index contributed by atoms with van der Waals surface area (Å²) >= 11 is 0. The van der Waals surface area contributed by atoms with Gasteiger partial charge in [0.1, 0.15) is 5.75 Å². The van der Waals surface area contributed by atoms with E-state index < -0.39 is 10.0 Å². The lowest BCUT2D eigenvalue weighted by Crippen LogP contribution is -2.11. The van der Waals surface area contributed by atoms with Crippen molar-refractivity contribution in [3.8, 4) is 17.2 Å². The maximum Gasteiger partial charge on any atom is 0.268 e. The van der Waals surface area contributed by atoms with Gasteiger partial charge < -0.3 is 18.9 Å². The molecule has 7 nitrogen and oxygen atoms in total. The Bertz CT molecular complexity index is 1680. The van der Waals surface area contributed by atoms with Crippen molar-refractivity contribution in [2.75, 3.05) is 27.9 Å². The summed E-state index contributed by atoms with van der Waals surface area (Å²) in [5, 5.41) is 0.709. The minimum Gasteiger partial charge on any atom is -0.497 e. The fourth-order valence-electron chi connectivity index (χ4n) is 6.39. The van der Waals surface area contributed by atoms with Gasteiger partial charge in [-0.25, -0.2) is 12.4 Å². The van der Waals surface area contributed by atoms with Gasteiger partial charge in [-0.15, -0.1) is 0 Å². The number of aromatic nitrogens is 1. The molecule has 0 saturated heterocycles. The predicted octanol–water partition coefficient (Wildman–Crippen LogP) is 11.0. The molecule has 0 aliphatic carbocycles. The third-order valence-corrected chi connectivity index (χ3v) is 10.9. The van der Waals surface area contributed by atoms with Crippen molar-refractivity contribution in [2.24, 2.45) is 0 Å². The molecule has 50 heavy (non-hydrogen) atoms. The van der Waals surface area contributed by atoms with Crippen molar-refractivity contribution in [3.05, 3.63) is 90.1 Å². The molecule has 0 saturated carbocycles. The molecule has 0 aliphatic rings. The average molecular weight is 704 g/mol. The minimum absolute atomic E-state index is 0.184. The van der Waals surface area contributed by atoms with Gasteiger partial charge in [0.15, 0.2) is 11.5 Å². The van der Waals surface area contributed by atoms with Gasteiger partial charge in [-0.3, -0.25) is 0 Å². The molecular formula is C42H57NO6S. The summed E-state index contributed by atoms with van der Waals surface area (Å²) in [5.74, 6) is 1.67. The molecule has 0 bridgehead atoms. The molecule has 0 fully saturated rings. The second-order valence-electron chi connectivity index (χ2n) is 12.9. The molecule has 0 N–H and O–H groups in total. The highest BCUT2D eigenvalue weighted by atomic mass is 32.2. The maximum atomic E-state index is 13.7. The lowest BCUT2D eigenvalue weighted by Gasteiger charge is -2.11. The smallest absolute Gasteiger partial charge is 0.268 e. The van der Waals surface area contributed by atoms with Crippen molar-refractivity contribution in [1.29, 1.82) is 0 Å². The van der Waals surface area contributed by atoms with Crippen LogP contribution in [-0.4, -0.2) is 40.3 Å². The van der Waals surface area contributed by atoms with E-state index >= 15 is 0 Å². The van der Waals surface area contributed by atoms with Crippen LogP contribution in [0.2, 0.25) is 0 Å². The molecular weight excluding hydrogens is 647 g/mol. The zero-order valence-electron chi connectivity index (χ0n) is 30.4. The van der Waals surface area contributed by atoms with Crippen LogP contribution < -0.4 is 14.2 Å². The number of rotatable bonds is 25. The number of benzene rings is 3. The Kier molecular flexibility index (Phi) is 16.8. The summed E-state index contributed by atoms with van der Waals surface area (Å²) in [6, 6.07) is 20.3. The normalized spacial score (nSPS) is 11.8. The summed E-state index contributed by atoms with van der Waals surface area (Å²) in [6.45, 7) is 1.59. The fourth-order valence-corrected chi connectivity index (χ4v) is 7.76. The number of allylic oxidation sites excluding steroid dienone is 1. The van der Waals surface area contributed by atoms with Crippen LogP contribution in [0, 0.1) is 0 Å². The van der Waals surface area contributed by atoms with Crippen molar-refractivity contribution in [2.45, 2.75) is 108 Å². The fraction of sp³-hybridized carbons (Fsp3) is 0.476. The first-order chi connectivity index (χ1) is 24.5. The molecule has 4 aromatic rings. The second-order valence-corrected chi connectivity index (χ2v) is 14.7. The zero-order chi connectivity index (χ0) is 35.4. The van der Waals surface area contributed by atoms with Crippen LogP contribution in [0.15, 0.2) is 83.9 Å². The highest BCUT2D eigenvalue weighted by Gasteiger charge is 2.24. The molecule has 0 aliphatic heterocycles. The lowest BCUT2D eigenvalue weighted by atomic mass is 10.0. The van der Waals surface area contributed by atoms with E-state index in [2.05, 4.69) is 30.3 Å². The summed E-state index contributed by atoms with van der Waals surface area (Å²) in [4.78, 5) is 0.184. The third-order valence-electron chi connectivity index (χ3n) is 9.24. The molecule has 0 radical (unpaired) electrons. The summed E-state index contributed by atoms with van der Waals surface area (Å²) < 4.78 is 51.0. The lowest BCUT2D eigenvalue weighted by molar-refractivity contribution is 0.116. The van der Waals surface area contributed by atoms with Crippen LogP contribution in [0.1, 0.15) is 107 Å². The Morgan fingerprint density at radius 3 is 1.82 bits per heavy atom. The molecule has 1 aromatic heterocycles. The zero-order valence-corrected chi connectivity index (χ0v) is 31.2. The van der Waals surface area contributed by atoms with Crippen molar-refractivity contribution in [3.63, 3.8) is 0 Å². The Morgan fingerprint density at radius 1 is 0.640 bits per heavy atom. The maximum absolute atomic E-state index is 13.7.